The fourth-order valence-electron chi connectivity index (χ4n) is 4.48. The molecule has 0 bridgehead atoms. The maximum atomic E-state index is 14.4. The number of amides is 3. The zero-order chi connectivity index (χ0) is 23.3. The van der Waals surface area contributed by atoms with Gasteiger partial charge in [0.05, 0.1) is 12.1 Å². The molecule has 182 valence electrons. The molecule has 3 amide bonds. The highest BCUT2D eigenvalue weighted by atomic mass is 19.1. The average molecular weight is 462 g/mol. The van der Waals surface area contributed by atoms with E-state index in [1.165, 1.54) is 18.9 Å². The van der Waals surface area contributed by atoms with Gasteiger partial charge in [-0.05, 0) is 82.3 Å². The molecule has 4 rings (SSSR count). The van der Waals surface area contributed by atoms with Crippen LogP contribution in [0.2, 0.25) is 0 Å². The molecular weight excluding hydrogens is 425 g/mol. The van der Waals surface area contributed by atoms with E-state index in [-0.39, 0.29) is 29.8 Å². The first kappa shape index (κ1) is 23.9. The molecule has 0 spiro atoms. The van der Waals surface area contributed by atoms with E-state index in [1.54, 1.807) is 4.90 Å². The number of carbonyl (C=O) groups excluding carboxylic acids is 2. The number of benzene rings is 1. The van der Waals surface area contributed by atoms with Crippen molar-refractivity contribution in [3.8, 4) is 5.75 Å². The quantitative estimate of drug-likeness (QED) is 0.252. The van der Waals surface area contributed by atoms with Crippen molar-refractivity contribution in [3.63, 3.8) is 0 Å². The molecule has 3 fully saturated rings. The number of unbranched alkanes of at least 4 members (excludes halogenated alkanes) is 2. The first-order chi connectivity index (χ1) is 15.9. The van der Waals surface area contributed by atoms with Crippen LogP contribution in [0, 0.1) is 11.7 Å². The van der Waals surface area contributed by atoms with Crippen LogP contribution in [0.15, 0.2) is 18.2 Å². The zero-order valence-electron chi connectivity index (χ0n) is 19.5. The van der Waals surface area contributed by atoms with Gasteiger partial charge in [-0.15, -0.1) is 0 Å². The van der Waals surface area contributed by atoms with E-state index in [2.05, 4.69) is 28.1 Å². The summed E-state index contributed by atoms with van der Waals surface area (Å²) in [6.07, 6.45) is 6.95. The number of rotatable bonds is 12. The normalized spacial score (nSPS) is 20.8. The number of carbonyl (C=O) groups is 2. The van der Waals surface area contributed by atoms with Gasteiger partial charge in [0.15, 0.2) is 11.6 Å². The lowest BCUT2D eigenvalue weighted by molar-refractivity contribution is -0.118. The van der Waals surface area contributed by atoms with Gasteiger partial charge < -0.3 is 14.5 Å². The number of halogens is 1. The van der Waals surface area contributed by atoms with E-state index in [9.17, 15) is 14.0 Å². The number of ether oxygens (including phenoxy) is 1. The van der Waals surface area contributed by atoms with Gasteiger partial charge in [-0.1, -0.05) is 12.5 Å². The van der Waals surface area contributed by atoms with E-state index >= 15 is 0 Å². The SMILES string of the molecule is CN1CCC(NNCCCCCN2CC(=O)NC2=O)(c2ccc(F)c(OCC3CC3)c2)CC1. The van der Waals surface area contributed by atoms with Crippen molar-refractivity contribution >= 4 is 11.9 Å². The van der Waals surface area contributed by atoms with E-state index in [0.29, 0.717) is 24.8 Å². The maximum absolute atomic E-state index is 14.4. The van der Waals surface area contributed by atoms with Gasteiger partial charge in [-0.3, -0.25) is 15.5 Å². The van der Waals surface area contributed by atoms with Crippen LogP contribution in [-0.2, 0) is 10.3 Å². The first-order valence-corrected chi connectivity index (χ1v) is 12.2. The van der Waals surface area contributed by atoms with Crippen molar-refractivity contribution in [2.75, 3.05) is 46.4 Å². The van der Waals surface area contributed by atoms with Crippen LogP contribution in [-0.4, -0.2) is 68.1 Å². The Hall–Kier alpha value is -2.23. The van der Waals surface area contributed by atoms with Crippen LogP contribution in [0.1, 0.15) is 50.5 Å². The summed E-state index contributed by atoms with van der Waals surface area (Å²) < 4.78 is 20.2. The molecule has 3 N–H and O–H groups in total. The molecule has 0 unspecified atom stereocenters. The van der Waals surface area contributed by atoms with Crippen molar-refractivity contribution < 1.29 is 18.7 Å². The Balaban J connectivity index is 1.27. The molecule has 8 nitrogen and oxygen atoms in total. The summed E-state index contributed by atoms with van der Waals surface area (Å²) in [6, 6.07) is 4.99. The van der Waals surface area contributed by atoms with Crippen molar-refractivity contribution in [1.82, 2.24) is 26.0 Å². The highest BCUT2D eigenvalue weighted by Gasteiger charge is 2.36. The summed E-state index contributed by atoms with van der Waals surface area (Å²) >= 11 is 0. The van der Waals surface area contributed by atoms with Gasteiger partial charge in [0, 0.05) is 13.1 Å². The van der Waals surface area contributed by atoms with Gasteiger partial charge >= 0.3 is 6.03 Å². The Bertz CT molecular complexity index is 839. The molecule has 2 aliphatic heterocycles. The Labute approximate surface area is 195 Å². The summed E-state index contributed by atoms with van der Waals surface area (Å²) in [4.78, 5) is 26.7. The summed E-state index contributed by atoms with van der Waals surface area (Å²) in [6.45, 7) is 4.06. The third-order valence-electron chi connectivity index (χ3n) is 6.92. The summed E-state index contributed by atoms with van der Waals surface area (Å²) in [7, 11) is 2.13. The smallest absolute Gasteiger partial charge is 0.324 e. The van der Waals surface area contributed by atoms with Crippen LogP contribution in [0.25, 0.3) is 0 Å². The molecular formula is C24H36FN5O3. The molecule has 2 heterocycles. The highest BCUT2D eigenvalue weighted by Crippen LogP contribution is 2.36. The number of nitrogens with one attached hydrogen (secondary N) is 3. The second kappa shape index (κ2) is 10.8. The predicted octanol–water partition coefficient (Wildman–Crippen LogP) is 2.35. The van der Waals surface area contributed by atoms with Crippen molar-refractivity contribution in [1.29, 1.82) is 0 Å². The lowest BCUT2D eigenvalue weighted by Crippen LogP contribution is -2.55. The van der Waals surface area contributed by atoms with E-state index in [0.717, 1.165) is 57.3 Å². The largest absolute Gasteiger partial charge is 0.490 e. The second-order valence-corrected chi connectivity index (χ2v) is 9.67. The molecule has 0 atom stereocenters. The van der Waals surface area contributed by atoms with E-state index in [4.69, 9.17) is 4.74 Å². The third-order valence-corrected chi connectivity index (χ3v) is 6.92. The minimum Gasteiger partial charge on any atom is -0.490 e. The molecule has 0 radical (unpaired) electrons. The molecule has 0 aromatic heterocycles. The Morgan fingerprint density at radius 2 is 1.97 bits per heavy atom. The van der Waals surface area contributed by atoms with Crippen LogP contribution in [0.5, 0.6) is 5.75 Å². The Morgan fingerprint density at radius 3 is 2.67 bits per heavy atom. The molecule has 1 saturated carbocycles. The minimum atomic E-state index is -0.302. The summed E-state index contributed by atoms with van der Waals surface area (Å²) in [5.41, 5.74) is 7.75. The monoisotopic (exact) mass is 461 g/mol. The van der Waals surface area contributed by atoms with Gasteiger partial charge in [-0.2, -0.15) is 0 Å². The van der Waals surface area contributed by atoms with Crippen molar-refractivity contribution in [2.24, 2.45) is 5.92 Å². The van der Waals surface area contributed by atoms with Gasteiger partial charge in [0.25, 0.3) is 0 Å². The summed E-state index contributed by atoms with van der Waals surface area (Å²) in [5, 5.41) is 2.30. The maximum Gasteiger partial charge on any atom is 0.324 e. The lowest BCUT2D eigenvalue weighted by Gasteiger charge is -2.42. The minimum absolute atomic E-state index is 0.166. The van der Waals surface area contributed by atoms with E-state index in [1.807, 2.05) is 12.1 Å². The number of hydrazine groups is 1. The van der Waals surface area contributed by atoms with Crippen LogP contribution < -0.4 is 20.9 Å². The summed E-state index contributed by atoms with van der Waals surface area (Å²) in [5.74, 6) is 0.398. The number of urea groups is 1. The zero-order valence-corrected chi connectivity index (χ0v) is 19.5. The molecule has 1 aliphatic carbocycles. The number of hydrogen-bond acceptors (Lipinski definition) is 6. The van der Waals surface area contributed by atoms with Crippen LogP contribution in [0.4, 0.5) is 9.18 Å². The molecule has 9 heteroatoms. The van der Waals surface area contributed by atoms with Gasteiger partial charge in [-0.25, -0.2) is 14.6 Å². The Morgan fingerprint density at radius 1 is 1.18 bits per heavy atom. The highest BCUT2D eigenvalue weighted by molar-refractivity contribution is 6.01. The number of piperidine rings is 1. The molecule has 1 aromatic carbocycles. The topological polar surface area (TPSA) is 85.9 Å². The Kier molecular flexibility index (Phi) is 7.82. The molecule has 3 aliphatic rings. The van der Waals surface area contributed by atoms with Gasteiger partial charge in [0.1, 0.15) is 6.54 Å². The fourth-order valence-corrected chi connectivity index (χ4v) is 4.48. The van der Waals surface area contributed by atoms with E-state index < -0.39 is 0 Å². The molecule has 1 aromatic rings. The second-order valence-electron chi connectivity index (χ2n) is 9.67. The first-order valence-electron chi connectivity index (χ1n) is 12.2. The average Bonchev–Trinajstić information content (AvgIpc) is 3.57. The van der Waals surface area contributed by atoms with Crippen molar-refractivity contribution in [3.05, 3.63) is 29.6 Å². The van der Waals surface area contributed by atoms with Crippen LogP contribution in [0.3, 0.4) is 0 Å². The lowest BCUT2D eigenvalue weighted by atomic mass is 9.81. The van der Waals surface area contributed by atoms with Gasteiger partial charge in [0.2, 0.25) is 5.91 Å². The fraction of sp³-hybridized carbons (Fsp3) is 0.667. The number of hydrogen-bond donors (Lipinski definition) is 3. The number of nitrogens with zero attached hydrogens (tertiary/aromatic N) is 2. The molecule has 33 heavy (non-hydrogen) atoms. The number of likely N-dealkylation sites (tertiary alicyclic amines) is 1. The van der Waals surface area contributed by atoms with Crippen LogP contribution >= 0.6 is 0 Å². The third kappa shape index (κ3) is 6.43. The van der Waals surface area contributed by atoms with Crippen molar-refractivity contribution in [2.45, 2.75) is 50.5 Å². The number of imide groups is 1. The molecule has 2 saturated heterocycles. The predicted molar refractivity (Wildman–Crippen MR) is 123 cm³/mol. The standard InChI is InChI=1S/C24H36FN5O3/c1-29-13-9-24(10-14-29,19-7-8-20(25)21(15-19)33-17-18-5-6-18)28-26-11-3-2-4-12-30-16-22(31)27-23(30)32/h7-8,15,18,26,28H,2-6,9-14,16-17H2,1H3,(H,27,31,32).